The van der Waals surface area contributed by atoms with E-state index in [1.807, 2.05) is 0 Å². The molecule has 66 heavy (non-hydrogen) atoms. The van der Waals surface area contributed by atoms with E-state index in [4.69, 9.17) is 30.7 Å². The Balaban J connectivity index is -0.000000949. The maximum absolute atomic E-state index is 14.3. The molecule has 0 unspecified atom stereocenters. The monoisotopic (exact) mass is 1260 g/mol. The third-order valence-corrected chi connectivity index (χ3v) is 51.3. The number of ether oxygens (including phenoxy) is 2. The molecule has 0 bridgehead atoms. The van der Waals surface area contributed by atoms with Crippen molar-refractivity contribution in [3.63, 3.8) is 0 Å². The van der Waals surface area contributed by atoms with Crippen molar-refractivity contribution in [1.29, 1.82) is 0 Å². The number of carbonyl (C=O) groups excluding carboxylic acids is 4. The second-order valence-corrected chi connectivity index (χ2v) is 46.7. The number of aliphatic carboxylic acids is 2. The summed E-state index contributed by atoms with van der Waals surface area (Å²) in [5.41, 5.74) is 0. The van der Waals surface area contributed by atoms with Crippen LogP contribution in [0.3, 0.4) is 0 Å². The van der Waals surface area contributed by atoms with E-state index in [1.165, 1.54) is 128 Å². The molecule has 0 rings (SSSR count). The molecule has 0 aliphatic rings. The summed E-state index contributed by atoms with van der Waals surface area (Å²) < 4.78 is 26.6. The van der Waals surface area contributed by atoms with Gasteiger partial charge in [-0.1, -0.05) is 26.7 Å². The molecule has 0 N–H and O–H groups in total. The Bertz CT molecular complexity index is 944. The van der Waals surface area contributed by atoms with Gasteiger partial charge in [-0.3, -0.25) is 0 Å². The molecule has 0 atom stereocenters. The zero-order valence-corrected chi connectivity index (χ0v) is 54.0. The predicted molar refractivity (Wildman–Crippen MR) is 284 cm³/mol. The van der Waals surface area contributed by atoms with Crippen LogP contribution in [0.25, 0.3) is 0 Å². The van der Waals surface area contributed by atoms with Crippen molar-refractivity contribution in [1.82, 2.24) is 0 Å². The summed E-state index contributed by atoms with van der Waals surface area (Å²) in [6.07, 6.45) is 39.2. The minimum absolute atomic E-state index is 0.00342. The molecule has 0 fully saturated rings. The van der Waals surface area contributed by atoms with Crippen molar-refractivity contribution >= 4 is 78.6 Å². The first kappa shape index (κ1) is 72.8. The number of carboxylic acids is 2. The molecule has 0 aliphatic heterocycles. The van der Waals surface area contributed by atoms with E-state index in [1.54, 1.807) is 8.87 Å². The van der Waals surface area contributed by atoms with Crippen molar-refractivity contribution < 1.29 is 40.3 Å². The van der Waals surface area contributed by atoms with E-state index in [-0.39, 0.29) is 29.1 Å². The Morgan fingerprint density at radius 3 is 0.788 bits per heavy atom. The standard InChI is InChI=1S/2C13H25O2.6C4H9.2C2H4O2.O.3Sn/c2*1-2-3-4-5-6-7-8-9-10-11-12-15-13-14;6*1-3-4-2;2*1-2(3)4;;;;/h2*2-12H2,1H3;6*1,3-4H2,2H3;2*1H3,(H,3,4);;;;/q;;;;;;;;;;;;;+2/p-2. The summed E-state index contributed by atoms with van der Waals surface area (Å²) in [4.78, 5) is 46.3. The summed E-state index contributed by atoms with van der Waals surface area (Å²) in [5, 5.41) is 17.8. The number of hydrogen-bond donors (Lipinski definition) is 0. The first-order valence-corrected chi connectivity index (χ1v) is 45.2. The first-order chi connectivity index (χ1) is 31.8. The van der Waals surface area contributed by atoms with Crippen LogP contribution in [0.5, 0.6) is 0 Å². The molecule has 0 amide bonds. The van der Waals surface area contributed by atoms with Gasteiger partial charge >= 0.3 is 361 Å². The Hall–Kier alpha value is 0.236. The fourth-order valence-corrected chi connectivity index (χ4v) is 57.3. The van der Waals surface area contributed by atoms with Crippen molar-refractivity contribution in [3.8, 4) is 0 Å². The van der Waals surface area contributed by atoms with Crippen molar-refractivity contribution in [2.75, 3.05) is 13.2 Å². The molecule has 12 heteroatoms. The van der Waals surface area contributed by atoms with Gasteiger partial charge in [-0.15, -0.1) is 0 Å². The van der Waals surface area contributed by atoms with Crippen molar-refractivity contribution in [2.24, 2.45) is 0 Å². The van der Waals surface area contributed by atoms with E-state index in [0.717, 1.165) is 109 Å². The van der Waals surface area contributed by atoms with Crippen LogP contribution in [0, 0.1) is 0 Å². The van der Waals surface area contributed by atoms with Gasteiger partial charge in [0.05, 0.1) is 0 Å². The van der Waals surface area contributed by atoms with Gasteiger partial charge in [0, 0.05) is 11.9 Å². The van der Waals surface area contributed by atoms with Gasteiger partial charge in [-0.25, -0.2) is 0 Å². The molecule has 0 aromatic heterocycles. The Morgan fingerprint density at radius 2 is 0.561 bits per heavy atom. The molecule has 0 radical (unpaired) electrons. The van der Waals surface area contributed by atoms with Crippen LogP contribution in [0.2, 0.25) is 26.6 Å². The van der Waals surface area contributed by atoms with Crippen LogP contribution in [-0.4, -0.2) is 91.8 Å². The molecule has 0 saturated heterocycles. The van der Waals surface area contributed by atoms with Crippen LogP contribution in [0.15, 0.2) is 0 Å². The van der Waals surface area contributed by atoms with Crippen LogP contribution in [0.4, 0.5) is 9.59 Å². The minimum atomic E-state index is -4.00. The van der Waals surface area contributed by atoms with Gasteiger partial charge in [0.15, 0.2) is 0 Å². The third kappa shape index (κ3) is 52.1. The molecule has 0 spiro atoms. The molecular formula is C54H110O9Sn3. The second-order valence-electron chi connectivity index (χ2n) is 18.6. The average molecular weight is 1260 g/mol. The number of carboxylic acid groups (broad SMARTS) is 2. The topological polar surface area (TPSA) is 142 Å². The quantitative estimate of drug-likeness (QED) is 0.0430. The predicted octanol–water partition coefficient (Wildman–Crippen LogP) is 16.0. The molecular weight excluding hydrogens is 1150 g/mol. The zero-order chi connectivity index (χ0) is 50.4. The Labute approximate surface area is 429 Å². The summed E-state index contributed by atoms with van der Waals surface area (Å²) in [7, 11) is 0. The second kappa shape index (κ2) is 57.8. The molecule has 392 valence electrons. The zero-order valence-electron chi connectivity index (χ0n) is 45.5. The van der Waals surface area contributed by atoms with E-state index in [0.29, 0.717) is 13.2 Å². The van der Waals surface area contributed by atoms with E-state index in [9.17, 15) is 9.59 Å². The maximum atomic E-state index is 14.3. The molecule has 0 saturated carbocycles. The third-order valence-electron chi connectivity index (χ3n) is 11.7. The molecule has 0 aromatic carbocycles. The number of unbranched alkanes of at least 4 members (excludes halogenated alkanes) is 24. The Kier molecular flexibility index (Phi) is 63.7. The van der Waals surface area contributed by atoms with Gasteiger partial charge in [-0.2, -0.15) is 0 Å². The van der Waals surface area contributed by atoms with Gasteiger partial charge < -0.3 is 19.8 Å². The molecule has 0 aromatic rings. The van der Waals surface area contributed by atoms with Gasteiger partial charge in [0.2, 0.25) is 0 Å². The number of carbonyl (C=O) groups is 4. The van der Waals surface area contributed by atoms with E-state index < -0.39 is 49.5 Å². The van der Waals surface area contributed by atoms with Crippen LogP contribution >= 0.6 is 0 Å². The SMILES string of the molecule is CC(=O)[O-].CC(=O)[O-].CCCCCCCCCCCCO[C](=O)[Sn]([CH2]CCC)([CH2]CCC)[O][Sn]([CH2]CCC)([CH2]CCC)[C](=O)OCCCCCCCCCCCC.CCC[CH2][Sn+2][CH2]CCC. The fourth-order valence-electron chi connectivity index (χ4n) is 7.67. The number of rotatable bonds is 44. The van der Waals surface area contributed by atoms with Gasteiger partial charge in [0.1, 0.15) is 0 Å². The molecule has 0 heterocycles. The molecule has 0 aliphatic carbocycles. The number of hydrogen-bond acceptors (Lipinski definition) is 9. The average Bonchev–Trinajstić information content (AvgIpc) is 3.28. The Morgan fingerprint density at radius 1 is 0.348 bits per heavy atom. The summed E-state index contributed by atoms with van der Waals surface area (Å²) >= 11 is -7.84. The first-order valence-electron chi connectivity index (χ1n) is 27.9. The summed E-state index contributed by atoms with van der Waals surface area (Å²) in [5.74, 6) is -2.17. The van der Waals surface area contributed by atoms with Crippen molar-refractivity contribution in [3.05, 3.63) is 0 Å². The summed E-state index contributed by atoms with van der Waals surface area (Å²) in [6.45, 7) is 20.9. The van der Waals surface area contributed by atoms with Gasteiger partial charge in [-0.05, 0) is 13.8 Å². The van der Waals surface area contributed by atoms with E-state index in [2.05, 4.69) is 55.4 Å². The van der Waals surface area contributed by atoms with E-state index >= 15 is 0 Å². The normalized spacial score (nSPS) is 10.9. The van der Waals surface area contributed by atoms with Crippen LogP contribution in [-0.2, 0) is 20.5 Å². The van der Waals surface area contributed by atoms with Gasteiger partial charge in [0.25, 0.3) is 0 Å². The van der Waals surface area contributed by atoms with Crippen LogP contribution < -0.4 is 10.2 Å². The summed E-state index contributed by atoms with van der Waals surface area (Å²) in [6, 6.07) is 0. The van der Waals surface area contributed by atoms with Crippen LogP contribution in [0.1, 0.15) is 275 Å². The molecule has 9 nitrogen and oxygen atoms in total. The van der Waals surface area contributed by atoms with Crippen molar-refractivity contribution in [2.45, 2.75) is 301 Å². The fraction of sp³-hybridized carbons (Fsp3) is 0.926.